The van der Waals surface area contributed by atoms with E-state index in [1.54, 1.807) is 0 Å². The monoisotopic (exact) mass is 450 g/mol. The van der Waals surface area contributed by atoms with Gasteiger partial charge in [-0.1, -0.05) is 96.5 Å². The van der Waals surface area contributed by atoms with Gasteiger partial charge in [0, 0.05) is 22.3 Å². The van der Waals surface area contributed by atoms with Crippen molar-refractivity contribution in [1.82, 2.24) is 0 Å². The first-order valence-corrected chi connectivity index (χ1v) is 12.2. The van der Waals surface area contributed by atoms with Crippen molar-refractivity contribution in [3.05, 3.63) is 131 Å². The Balaban J connectivity index is 1.47. The Morgan fingerprint density at radius 1 is 0.333 bits per heavy atom. The van der Waals surface area contributed by atoms with E-state index in [0.717, 1.165) is 22.3 Å². The average molecular weight is 451 g/mol. The standard InChI is InChI=1S/C36H18/c1-3-7-23(8-4-1)11-13-26-21-28-16-15-25-17-19-30-27(14-12-24-9-5-2-6-10-24)22-29-18-20-31(26)36-33(28)32(25)35(30)34(29)36/h1-10,15-22H. The molecular formula is C36H18. The highest BCUT2D eigenvalue weighted by molar-refractivity contribution is 6.45. The first-order chi connectivity index (χ1) is 17.8. The first kappa shape index (κ1) is 19.3. The molecule has 0 amide bonds. The molecule has 0 aromatic heterocycles. The van der Waals surface area contributed by atoms with E-state index in [9.17, 15) is 0 Å². The van der Waals surface area contributed by atoms with Crippen LogP contribution in [0, 0.1) is 23.7 Å². The van der Waals surface area contributed by atoms with E-state index < -0.39 is 0 Å². The molecule has 0 aliphatic rings. The third-order valence-corrected chi connectivity index (χ3v) is 7.37. The molecule has 8 aromatic rings. The molecule has 0 aliphatic carbocycles. The lowest BCUT2D eigenvalue weighted by Gasteiger charge is -2.08. The fourth-order valence-corrected chi connectivity index (χ4v) is 5.80. The minimum Gasteiger partial charge on any atom is -0.0622 e. The van der Waals surface area contributed by atoms with E-state index in [2.05, 4.69) is 96.5 Å². The van der Waals surface area contributed by atoms with Crippen LogP contribution in [0.4, 0.5) is 0 Å². The smallest absolute Gasteiger partial charge is 0.0334 e. The van der Waals surface area contributed by atoms with Gasteiger partial charge in [-0.25, -0.2) is 0 Å². The summed E-state index contributed by atoms with van der Waals surface area (Å²) in [4.78, 5) is 0. The maximum absolute atomic E-state index is 3.49. The molecule has 0 bridgehead atoms. The van der Waals surface area contributed by atoms with E-state index in [1.807, 2.05) is 36.4 Å². The number of hydrogen-bond acceptors (Lipinski definition) is 0. The Morgan fingerprint density at radius 3 is 1.31 bits per heavy atom. The molecule has 0 heteroatoms. The molecule has 0 spiro atoms. The fraction of sp³-hybridized carbons (Fsp3) is 0. The van der Waals surface area contributed by atoms with Gasteiger partial charge < -0.3 is 0 Å². The second-order valence-electron chi connectivity index (χ2n) is 9.42. The molecule has 0 aliphatic heterocycles. The van der Waals surface area contributed by atoms with Gasteiger partial charge in [0.1, 0.15) is 0 Å². The van der Waals surface area contributed by atoms with E-state index in [0.29, 0.717) is 0 Å². The van der Waals surface area contributed by atoms with Gasteiger partial charge in [0.15, 0.2) is 0 Å². The van der Waals surface area contributed by atoms with Gasteiger partial charge in [-0.2, -0.15) is 0 Å². The fourth-order valence-electron chi connectivity index (χ4n) is 5.80. The van der Waals surface area contributed by atoms with Gasteiger partial charge in [-0.05, 0) is 90.3 Å². The van der Waals surface area contributed by atoms with Crippen molar-refractivity contribution in [2.24, 2.45) is 0 Å². The molecule has 0 atom stereocenters. The van der Waals surface area contributed by atoms with Crippen LogP contribution < -0.4 is 0 Å². The van der Waals surface area contributed by atoms with Gasteiger partial charge >= 0.3 is 0 Å². The van der Waals surface area contributed by atoms with Gasteiger partial charge in [0.2, 0.25) is 0 Å². The van der Waals surface area contributed by atoms with Crippen LogP contribution in [0.1, 0.15) is 22.3 Å². The van der Waals surface area contributed by atoms with E-state index >= 15 is 0 Å². The SMILES string of the molecule is C(#Cc1cc2ccc3c(C#Cc4ccccc4)cc4ccc5ccc1c1c5c4c3c21)c1ccccc1. The molecule has 0 saturated heterocycles. The highest BCUT2D eigenvalue weighted by Gasteiger charge is 2.22. The summed E-state index contributed by atoms with van der Waals surface area (Å²) >= 11 is 0. The van der Waals surface area contributed by atoms with Crippen molar-refractivity contribution in [2.75, 3.05) is 0 Å². The Bertz CT molecular complexity index is 2090. The van der Waals surface area contributed by atoms with Crippen molar-refractivity contribution in [2.45, 2.75) is 0 Å². The molecule has 0 radical (unpaired) electrons. The Kier molecular flexibility index (Phi) is 3.87. The lowest BCUT2D eigenvalue weighted by atomic mass is 9.94. The molecule has 36 heavy (non-hydrogen) atoms. The van der Waals surface area contributed by atoms with E-state index in [-0.39, 0.29) is 0 Å². The van der Waals surface area contributed by atoms with Gasteiger partial charge in [-0.3, -0.25) is 0 Å². The summed E-state index contributed by atoms with van der Waals surface area (Å²) in [5.41, 5.74) is 4.22. The Hall–Kier alpha value is -5.04. The normalized spacial score (nSPS) is 11.4. The van der Waals surface area contributed by atoms with Crippen LogP contribution in [0.3, 0.4) is 0 Å². The first-order valence-electron chi connectivity index (χ1n) is 12.2. The molecule has 162 valence electrons. The molecular weight excluding hydrogens is 432 g/mol. The molecule has 8 rings (SSSR count). The summed E-state index contributed by atoms with van der Waals surface area (Å²) < 4.78 is 0. The number of benzene rings is 7. The van der Waals surface area contributed by atoms with Crippen LogP contribution in [-0.2, 0) is 0 Å². The minimum atomic E-state index is 1.03. The molecule has 0 saturated carbocycles. The minimum absolute atomic E-state index is 1.03. The van der Waals surface area contributed by atoms with Crippen LogP contribution in [0.5, 0.6) is 0 Å². The molecule has 0 fully saturated rings. The summed E-state index contributed by atoms with van der Waals surface area (Å²) in [6.07, 6.45) is 0. The van der Waals surface area contributed by atoms with Gasteiger partial charge in [0.25, 0.3) is 0 Å². The van der Waals surface area contributed by atoms with Crippen molar-refractivity contribution in [1.29, 1.82) is 0 Å². The summed E-state index contributed by atoms with van der Waals surface area (Å²) in [6, 6.07) is 38.4. The molecule has 0 nitrogen and oxygen atoms in total. The lowest BCUT2D eigenvalue weighted by molar-refractivity contribution is 1.65. The quantitative estimate of drug-likeness (QED) is 0.160. The van der Waals surface area contributed by atoms with Crippen molar-refractivity contribution < 1.29 is 0 Å². The summed E-state index contributed by atoms with van der Waals surface area (Å²) in [5, 5.41) is 12.9. The third-order valence-electron chi connectivity index (χ3n) is 7.37. The van der Waals surface area contributed by atoms with Crippen molar-refractivity contribution in [3.8, 4) is 23.7 Å². The van der Waals surface area contributed by atoms with Crippen molar-refractivity contribution >= 4 is 53.9 Å². The maximum Gasteiger partial charge on any atom is 0.0334 e. The highest BCUT2D eigenvalue weighted by Crippen LogP contribution is 2.49. The van der Waals surface area contributed by atoms with Crippen LogP contribution in [-0.4, -0.2) is 0 Å². The molecule has 8 aromatic carbocycles. The van der Waals surface area contributed by atoms with Crippen LogP contribution in [0.2, 0.25) is 0 Å². The van der Waals surface area contributed by atoms with E-state index in [4.69, 9.17) is 0 Å². The van der Waals surface area contributed by atoms with Crippen LogP contribution >= 0.6 is 0 Å². The number of hydrogen-bond donors (Lipinski definition) is 0. The molecule has 0 N–H and O–H groups in total. The summed E-state index contributed by atoms with van der Waals surface area (Å²) in [6.45, 7) is 0. The average Bonchev–Trinajstić information content (AvgIpc) is 3.31. The molecule has 0 unspecified atom stereocenters. The van der Waals surface area contributed by atoms with E-state index in [1.165, 1.54) is 53.9 Å². The number of rotatable bonds is 0. The zero-order valence-electron chi connectivity index (χ0n) is 19.4. The molecule has 0 heterocycles. The largest absolute Gasteiger partial charge is 0.0622 e. The van der Waals surface area contributed by atoms with Gasteiger partial charge in [0.05, 0.1) is 0 Å². The van der Waals surface area contributed by atoms with Crippen molar-refractivity contribution in [3.63, 3.8) is 0 Å². The van der Waals surface area contributed by atoms with Gasteiger partial charge in [-0.15, -0.1) is 0 Å². The summed E-state index contributed by atoms with van der Waals surface area (Å²) in [5.74, 6) is 13.7. The maximum atomic E-state index is 3.49. The third kappa shape index (κ3) is 2.68. The Labute approximate surface area is 208 Å². The van der Waals surface area contributed by atoms with Crippen LogP contribution in [0.25, 0.3) is 53.9 Å². The topological polar surface area (TPSA) is 0 Å². The predicted octanol–water partition coefficient (Wildman–Crippen LogP) is 8.57. The van der Waals surface area contributed by atoms with Crippen LogP contribution in [0.15, 0.2) is 109 Å². The zero-order valence-corrected chi connectivity index (χ0v) is 19.4. The Morgan fingerprint density at radius 2 is 0.750 bits per heavy atom. The lowest BCUT2D eigenvalue weighted by Crippen LogP contribution is -1.85. The second-order valence-corrected chi connectivity index (χ2v) is 9.42. The zero-order chi connectivity index (χ0) is 23.6. The summed E-state index contributed by atoms with van der Waals surface area (Å²) in [7, 11) is 0. The second kappa shape index (κ2) is 7.23. The highest BCUT2D eigenvalue weighted by atomic mass is 14.2. The predicted molar refractivity (Wildman–Crippen MR) is 152 cm³/mol.